The Kier molecular flexibility index (Phi) is 7.42. The van der Waals surface area contributed by atoms with Gasteiger partial charge in [-0.1, -0.05) is 0 Å². The van der Waals surface area contributed by atoms with Crippen LogP contribution in [0.3, 0.4) is 0 Å². The zero-order chi connectivity index (χ0) is 13.4. The molecule has 2 rings (SSSR count). The SMILES string of the molecule is ClCc1cncc(Br)c1.OCc1cncc(Br)c1. The summed E-state index contributed by atoms with van der Waals surface area (Å²) in [5.41, 5.74) is 1.86. The molecule has 0 aliphatic rings. The van der Waals surface area contributed by atoms with Crippen LogP contribution in [0.25, 0.3) is 0 Å². The minimum Gasteiger partial charge on any atom is -0.392 e. The standard InChI is InChI=1S/C6H5BrClN.C6H6BrNO/c7-6-1-5(2-8)3-9-4-6;7-6-1-5(4-9)2-8-3-6/h1,3-4H,2H2;1-3,9H,4H2. The molecule has 0 spiro atoms. The normalized spacial score (nSPS) is 9.56. The summed E-state index contributed by atoms with van der Waals surface area (Å²) in [6.07, 6.45) is 6.79. The topological polar surface area (TPSA) is 46.0 Å². The van der Waals surface area contributed by atoms with Gasteiger partial charge in [0.15, 0.2) is 0 Å². The predicted molar refractivity (Wildman–Crippen MR) is 79.4 cm³/mol. The van der Waals surface area contributed by atoms with E-state index in [9.17, 15) is 0 Å². The molecule has 0 amide bonds. The summed E-state index contributed by atoms with van der Waals surface area (Å²) in [4.78, 5) is 7.77. The summed E-state index contributed by atoms with van der Waals surface area (Å²) in [6, 6.07) is 3.77. The van der Waals surface area contributed by atoms with E-state index in [-0.39, 0.29) is 6.61 Å². The number of pyridine rings is 2. The van der Waals surface area contributed by atoms with E-state index in [2.05, 4.69) is 41.8 Å². The highest BCUT2D eigenvalue weighted by Gasteiger charge is 1.90. The summed E-state index contributed by atoms with van der Waals surface area (Å²) in [6.45, 7) is 0.0481. The zero-order valence-corrected chi connectivity index (χ0v) is 13.3. The number of hydrogen-bond donors (Lipinski definition) is 1. The molecule has 0 saturated heterocycles. The Hall–Kier alpha value is -0.490. The lowest BCUT2D eigenvalue weighted by Crippen LogP contribution is -1.83. The molecule has 0 bridgehead atoms. The van der Waals surface area contributed by atoms with Gasteiger partial charge in [0.2, 0.25) is 0 Å². The Balaban J connectivity index is 0.000000180. The van der Waals surface area contributed by atoms with E-state index in [1.807, 2.05) is 12.1 Å². The van der Waals surface area contributed by atoms with Gasteiger partial charge >= 0.3 is 0 Å². The average molecular weight is 394 g/mol. The quantitative estimate of drug-likeness (QED) is 0.786. The maximum Gasteiger partial charge on any atom is 0.0697 e. The van der Waals surface area contributed by atoms with E-state index in [0.717, 1.165) is 20.1 Å². The van der Waals surface area contributed by atoms with Crippen LogP contribution >= 0.6 is 43.5 Å². The molecule has 0 radical (unpaired) electrons. The van der Waals surface area contributed by atoms with Crippen molar-refractivity contribution < 1.29 is 5.11 Å². The molecule has 2 aromatic heterocycles. The first-order valence-corrected chi connectivity index (χ1v) is 7.13. The second kappa shape index (κ2) is 8.58. The van der Waals surface area contributed by atoms with Crippen LogP contribution in [0.1, 0.15) is 11.1 Å². The minimum atomic E-state index is 0.0481. The third-order valence-electron chi connectivity index (χ3n) is 1.86. The molecule has 0 fully saturated rings. The highest BCUT2D eigenvalue weighted by Crippen LogP contribution is 2.10. The van der Waals surface area contributed by atoms with Crippen LogP contribution in [0.2, 0.25) is 0 Å². The fraction of sp³-hybridized carbons (Fsp3) is 0.167. The molecule has 3 nitrogen and oxygen atoms in total. The smallest absolute Gasteiger partial charge is 0.0697 e. The Labute approximate surface area is 127 Å². The highest BCUT2D eigenvalue weighted by molar-refractivity contribution is 9.10. The van der Waals surface area contributed by atoms with E-state index in [1.54, 1.807) is 24.8 Å². The van der Waals surface area contributed by atoms with E-state index in [1.165, 1.54) is 0 Å². The minimum absolute atomic E-state index is 0.0481. The second-order valence-electron chi connectivity index (χ2n) is 3.31. The largest absolute Gasteiger partial charge is 0.392 e. The van der Waals surface area contributed by atoms with Gasteiger partial charge in [0.05, 0.1) is 6.61 Å². The average Bonchev–Trinajstić information content (AvgIpc) is 2.39. The zero-order valence-electron chi connectivity index (χ0n) is 9.35. The van der Waals surface area contributed by atoms with Crippen molar-refractivity contribution in [2.45, 2.75) is 12.5 Å². The number of hydrogen-bond acceptors (Lipinski definition) is 3. The van der Waals surface area contributed by atoms with Gasteiger partial charge in [-0.3, -0.25) is 9.97 Å². The van der Waals surface area contributed by atoms with Crippen LogP contribution in [-0.4, -0.2) is 15.1 Å². The van der Waals surface area contributed by atoms with Crippen molar-refractivity contribution in [1.29, 1.82) is 0 Å². The van der Waals surface area contributed by atoms with Crippen molar-refractivity contribution in [2.24, 2.45) is 0 Å². The van der Waals surface area contributed by atoms with Gasteiger partial charge in [-0.2, -0.15) is 0 Å². The summed E-state index contributed by atoms with van der Waals surface area (Å²) in [5, 5.41) is 8.60. The molecule has 2 heterocycles. The fourth-order valence-electron chi connectivity index (χ4n) is 1.07. The molecule has 0 saturated carbocycles. The lowest BCUT2D eigenvalue weighted by Gasteiger charge is -1.92. The first-order valence-electron chi connectivity index (χ1n) is 5.01. The Bertz CT molecular complexity index is 452. The Morgan fingerprint density at radius 3 is 1.78 bits per heavy atom. The van der Waals surface area contributed by atoms with Crippen molar-refractivity contribution in [3.05, 3.63) is 57.0 Å². The van der Waals surface area contributed by atoms with E-state index in [0.29, 0.717) is 5.88 Å². The predicted octanol–water partition coefficient (Wildman–Crippen LogP) is 3.92. The van der Waals surface area contributed by atoms with E-state index in [4.69, 9.17) is 16.7 Å². The van der Waals surface area contributed by atoms with Crippen LogP contribution in [-0.2, 0) is 12.5 Å². The Morgan fingerprint density at radius 2 is 1.44 bits per heavy atom. The number of rotatable bonds is 2. The molecule has 0 atom stereocenters. The van der Waals surface area contributed by atoms with Crippen molar-refractivity contribution >= 4 is 43.5 Å². The summed E-state index contributed by atoms with van der Waals surface area (Å²) >= 11 is 12.0. The van der Waals surface area contributed by atoms with Crippen LogP contribution < -0.4 is 0 Å². The van der Waals surface area contributed by atoms with Gasteiger partial charge in [-0.25, -0.2) is 0 Å². The molecular weight excluding hydrogens is 383 g/mol. The number of aromatic nitrogens is 2. The van der Waals surface area contributed by atoms with Gasteiger partial charge in [0, 0.05) is 39.6 Å². The fourth-order valence-corrected chi connectivity index (χ4v) is 2.04. The maximum absolute atomic E-state index is 8.60. The number of aliphatic hydroxyl groups is 1. The van der Waals surface area contributed by atoms with Crippen LogP contribution in [0.15, 0.2) is 45.9 Å². The van der Waals surface area contributed by atoms with E-state index < -0.39 is 0 Å². The number of alkyl halides is 1. The number of halogens is 3. The molecule has 0 unspecified atom stereocenters. The third kappa shape index (κ3) is 5.91. The first kappa shape index (κ1) is 15.6. The highest BCUT2D eigenvalue weighted by atomic mass is 79.9. The van der Waals surface area contributed by atoms with Crippen molar-refractivity contribution in [1.82, 2.24) is 9.97 Å². The first-order chi connectivity index (χ1) is 8.65. The summed E-state index contributed by atoms with van der Waals surface area (Å²) in [5.74, 6) is 0.520. The number of aliphatic hydroxyl groups excluding tert-OH is 1. The molecule has 0 aliphatic heterocycles. The molecule has 6 heteroatoms. The van der Waals surface area contributed by atoms with Crippen molar-refractivity contribution in [3.8, 4) is 0 Å². The third-order valence-corrected chi connectivity index (χ3v) is 3.04. The molecule has 2 aromatic rings. The van der Waals surface area contributed by atoms with Crippen molar-refractivity contribution in [3.63, 3.8) is 0 Å². The van der Waals surface area contributed by atoms with Gasteiger partial charge in [-0.15, -0.1) is 11.6 Å². The molecule has 1 N–H and O–H groups in total. The Morgan fingerprint density at radius 1 is 0.944 bits per heavy atom. The second-order valence-corrected chi connectivity index (χ2v) is 5.41. The van der Waals surface area contributed by atoms with Gasteiger partial charge in [0.25, 0.3) is 0 Å². The van der Waals surface area contributed by atoms with Crippen LogP contribution in [0.5, 0.6) is 0 Å². The summed E-state index contributed by atoms with van der Waals surface area (Å²) < 4.78 is 1.87. The molecule has 18 heavy (non-hydrogen) atoms. The van der Waals surface area contributed by atoms with Gasteiger partial charge < -0.3 is 5.11 Å². The summed E-state index contributed by atoms with van der Waals surface area (Å²) in [7, 11) is 0. The molecule has 0 aliphatic carbocycles. The lowest BCUT2D eigenvalue weighted by molar-refractivity contribution is 0.281. The van der Waals surface area contributed by atoms with Gasteiger partial charge in [-0.05, 0) is 55.1 Å². The maximum atomic E-state index is 8.60. The monoisotopic (exact) mass is 392 g/mol. The molecule has 0 aromatic carbocycles. The van der Waals surface area contributed by atoms with Gasteiger partial charge in [0.1, 0.15) is 0 Å². The molecule has 96 valence electrons. The van der Waals surface area contributed by atoms with Crippen LogP contribution in [0.4, 0.5) is 0 Å². The lowest BCUT2D eigenvalue weighted by atomic mass is 10.3. The van der Waals surface area contributed by atoms with Crippen molar-refractivity contribution in [2.75, 3.05) is 0 Å². The van der Waals surface area contributed by atoms with E-state index >= 15 is 0 Å². The molecular formula is C12H11Br2ClN2O. The number of nitrogens with zero attached hydrogens (tertiary/aromatic N) is 2. The van der Waals surface area contributed by atoms with Crippen LogP contribution in [0, 0.1) is 0 Å².